The predicted octanol–water partition coefficient (Wildman–Crippen LogP) is 4.71. The maximum Gasteiger partial charge on any atom is 0.253 e. The molecule has 0 N–H and O–H groups in total. The van der Waals surface area contributed by atoms with Gasteiger partial charge < -0.3 is 14.4 Å². The van der Waals surface area contributed by atoms with Crippen LogP contribution in [0.4, 0.5) is 4.39 Å². The molecule has 1 heterocycles. The summed E-state index contributed by atoms with van der Waals surface area (Å²) in [6.45, 7) is 0.698. The van der Waals surface area contributed by atoms with Crippen LogP contribution in [0.3, 0.4) is 0 Å². The highest BCUT2D eigenvalue weighted by Gasteiger charge is 2.33. The van der Waals surface area contributed by atoms with Crippen LogP contribution in [0.5, 0.6) is 17.2 Å². The topological polar surface area (TPSA) is 72.9 Å². The van der Waals surface area contributed by atoms with Gasteiger partial charge in [-0.3, -0.25) is 4.79 Å². The second-order valence-electron chi connectivity index (χ2n) is 7.80. The van der Waals surface area contributed by atoms with Crippen molar-refractivity contribution in [3.05, 3.63) is 84.2 Å². The van der Waals surface area contributed by atoms with E-state index in [4.69, 9.17) is 9.47 Å². The van der Waals surface area contributed by atoms with Gasteiger partial charge in [0.15, 0.2) is 9.84 Å². The Labute approximate surface area is 192 Å². The molecule has 0 unspecified atom stereocenters. The van der Waals surface area contributed by atoms with Gasteiger partial charge in [-0.25, -0.2) is 12.8 Å². The van der Waals surface area contributed by atoms with Crippen LogP contribution in [0.2, 0.25) is 0 Å². The number of likely N-dealkylation sites (tertiary alicyclic amines) is 1. The highest BCUT2D eigenvalue weighted by atomic mass is 32.2. The van der Waals surface area contributed by atoms with Gasteiger partial charge in [0, 0.05) is 18.7 Å². The molecule has 0 spiro atoms. The molecule has 3 aromatic rings. The summed E-state index contributed by atoms with van der Waals surface area (Å²) in [5.74, 6) is 0.985. The standard InChI is InChI=1S/C25H24FNO5S/c1-31-20-9-11-23(12-10-20)33(29,30)24-13-15-27(16-14-24)25(28)18-3-2-4-22(17-18)32-21-7-5-19(26)6-8-21/h2-12,17,24H,13-16H2,1H3. The van der Waals surface area contributed by atoms with Crippen molar-refractivity contribution in [3.63, 3.8) is 0 Å². The summed E-state index contributed by atoms with van der Waals surface area (Å²) in [5, 5.41) is -0.539. The minimum absolute atomic E-state index is 0.181. The van der Waals surface area contributed by atoms with Crippen molar-refractivity contribution < 1.29 is 27.1 Å². The first kappa shape index (κ1) is 22.8. The monoisotopic (exact) mass is 469 g/mol. The molecular formula is C25H24FNO5S. The predicted molar refractivity (Wildman–Crippen MR) is 122 cm³/mol. The molecule has 33 heavy (non-hydrogen) atoms. The molecule has 0 bridgehead atoms. The second kappa shape index (κ2) is 9.62. The number of halogens is 1. The van der Waals surface area contributed by atoms with Gasteiger partial charge in [0.05, 0.1) is 17.3 Å². The summed E-state index contributed by atoms with van der Waals surface area (Å²) in [5.41, 5.74) is 0.450. The summed E-state index contributed by atoms with van der Waals surface area (Å²) in [6.07, 6.45) is 0.734. The number of ether oxygens (including phenoxy) is 2. The van der Waals surface area contributed by atoms with Crippen molar-refractivity contribution in [2.75, 3.05) is 20.2 Å². The lowest BCUT2D eigenvalue weighted by Crippen LogP contribution is -2.42. The number of rotatable bonds is 6. The third-order valence-corrected chi connectivity index (χ3v) is 7.96. The average Bonchev–Trinajstić information content (AvgIpc) is 2.85. The first-order valence-corrected chi connectivity index (χ1v) is 12.1. The normalized spacial score (nSPS) is 14.7. The number of benzene rings is 3. The number of amides is 1. The fourth-order valence-corrected chi connectivity index (χ4v) is 5.57. The zero-order chi connectivity index (χ0) is 23.4. The third-order valence-electron chi connectivity index (χ3n) is 5.69. The summed E-state index contributed by atoms with van der Waals surface area (Å²) in [7, 11) is -1.96. The van der Waals surface area contributed by atoms with Crippen molar-refractivity contribution in [1.29, 1.82) is 0 Å². The second-order valence-corrected chi connectivity index (χ2v) is 10.0. The van der Waals surface area contributed by atoms with E-state index >= 15 is 0 Å². The molecule has 1 aliphatic heterocycles. The molecule has 0 aromatic heterocycles. The summed E-state index contributed by atoms with van der Waals surface area (Å²) >= 11 is 0. The van der Waals surface area contributed by atoms with E-state index in [9.17, 15) is 17.6 Å². The smallest absolute Gasteiger partial charge is 0.253 e. The molecule has 1 amide bonds. The Kier molecular flexibility index (Phi) is 6.65. The third kappa shape index (κ3) is 5.17. The summed E-state index contributed by atoms with van der Waals surface area (Å²) < 4.78 is 49.9. The Balaban J connectivity index is 1.40. The Morgan fingerprint density at radius 3 is 2.18 bits per heavy atom. The molecule has 8 heteroatoms. The van der Waals surface area contributed by atoms with E-state index < -0.39 is 15.1 Å². The highest BCUT2D eigenvalue weighted by Crippen LogP contribution is 2.28. The molecule has 0 atom stereocenters. The van der Waals surface area contributed by atoms with Crippen molar-refractivity contribution in [1.82, 2.24) is 4.90 Å². The molecule has 3 aromatic carbocycles. The van der Waals surface area contributed by atoms with E-state index in [-0.39, 0.29) is 16.6 Å². The van der Waals surface area contributed by atoms with Crippen LogP contribution in [0.1, 0.15) is 23.2 Å². The van der Waals surface area contributed by atoms with E-state index in [1.54, 1.807) is 53.4 Å². The average molecular weight is 470 g/mol. The Morgan fingerprint density at radius 2 is 1.55 bits per heavy atom. The van der Waals surface area contributed by atoms with Crippen LogP contribution >= 0.6 is 0 Å². The van der Waals surface area contributed by atoms with Crippen LogP contribution in [0, 0.1) is 5.82 Å². The number of methoxy groups -OCH3 is 1. The molecule has 0 saturated carbocycles. The Bertz CT molecular complexity index is 1220. The van der Waals surface area contributed by atoms with Gasteiger partial charge >= 0.3 is 0 Å². The minimum Gasteiger partial charge on any atom is -0.497 e. The zero-order valence-electron chi connectivity index (χ0n) is 18.1. The molecule has 1 aliphatic rings. The van der Waals surface area contributed by atoms with E-state index in [0.717, 1.165) is 0 Å². The lowest BCUT2D eigenvalue weighted by Gasteiger charge is -2.32. The van der Waals surface area contributed by atoms with Crippen molar-refractivity contribution in [2.24, 2.45) is 0 Å². The summed E-state index contributed by atoms with van der Waals surface area (Å²) in [6, 6.07) is 18.8. The van der Waals surface area contributed by atoms with Gasteiger partial charge in [0.25, 0.3) is 5.91 Å². The van der Waals surface area contributed by atoms with Crippen LogP contribution in [-0.2, 0) is 9.84 Å². The number of carbonyl (C=O) groups excluding carboxylic acids is 1. The van der Waals surface area contributed by atoms with Crippen molar-refractivity contribution >= 4 is 15.7 Å². The summed E-state index contributed by atoms with van der Waals surface area (Å²) in [4.78, 5) is 14.9. The van der Waals surface area contributed by atoms with Gasteiger partial charge in [0.1, 0.15) is 23.1 Å². The van der Waals surface area contributed by atoms with Gasteiger partial charge in [-0.05, 0) is 79.6 Å². The maximum absolute atomic E-state index is 13.1. The largest absolute Gasteiger partial charge is 0.497 e. The number of hydrogen-bond donors (Lipinski definition) is 0. The molecule has 4 rings (SSSR count). The zero-order valence-corrected chi connectivity index (χ0v) is 18.9. The van der Waals surface area contributed by atoms with E-state index in [0.29, 0.717) is 48.7 Å². The number of hydrogen-bond acceptors (Lipinski definition) is 5. The molecule has 172 valence electrons. The fourth-order valence-electron chi connectivity index (χ4n) is 3.84. The lowest BCUT2D eigenvalue weighted by atomic mass is 10.1. The van der Waals surface area contributed by atoms with Gasteiger partial charge in [0.2, 0.25) is 0 Å². The molecule has 6 nitrogen and oxygen atoms in total. The molecule has 0 radical (unpaired) electrons. The number of sulfone groups is 1. The number of piperidine rings is 1. The van der Waals surface area contributed by atoms with E-state index in [2.05, 4.69) is 0 Å². The van der Waals surface area contributed by atoms with Crippen LogP contribution in [0.25, 0.3) is 0 Å². The van der Waals surface area contributed by atoms with Crippen LogP contribution in [0.15, 0.2) is 77.7 Å². The van der Waals surface area contributed by atoms with E-state index in [1.165, 1.54) is 31.4 Å². The Hall–Kier alpha value is -3.39. The maximum atomic E-state index is 13.1. The van der Waals surface area contributed by atoms with Gasteiger partial charge in [-0.1, -0.05) is 6.07 Å². The minimum atomic E-state index is -3.49. The molecular weight excluding hydrogens is 445 g/mol. The first-order valence-electron chi connectivity index (χ1n) is 10.6. The van der Waals surface area contributed by atoms with Crippen LogP contribution in [-0.4, -0.2) is 44.7 Å². The lowest BCUT2D eigenvalue weighted by molar-refractivity contribution is 0.0725. The van der Waals surface area contributed by atoms with Crippen molar-refractivity contribution in [3.8, 4) is 17.2 Å². The quantitative estimate of drug-likeness (QED) is 0.523. The van der Waals surface area contributed by atoms with E-state index in [1.807, 2.05) is 0 Å². The fraction of sp³-hybridized carbons (Fsp3) is 0.240. The SMILES string of the molecule is COc1ccc(S(=O)(=O)C2CCN(C(=O)c3cccc(Oc4ccc(F)cc4)c3)CC2)cc1. The van der Waals surface area contributed by atoms with Crippen LogP contribution < -0.4 is 9.47 Å². The van der Waals surface area contributed by atoms with Gasteiger partial charge in [-0.15, -0.1) is 0 Å². The highest BCUT2D eigenvalue weighted by molar-refractivity contribution is 7.92. The number of carbonyl (C=O) groups is 1. The number of nitrogens with zero attached hydrogens (tertiary/aromatic N) is 1. The molecule has 0 aliphatic carbocycles. The van der Waals surface area contributed by atoms with Gasteiger partial charge in [-0.2, -0.15) is 0 Å². The Morgan fingerprint density at radius 1 is 0.909 bits per heavy atom. The molecule has 1 saturated heterocycles. The first-order chi connectivity index (χ1) is 15.9. The van der Waals surface area contributed by atoms with Crippen molar-refractivity contribution in [2.45, 2.75) is 23.0 Å². The molecule has 1 fully saturated rings.